The molecule has 2 aromatic carbocycles. The second kappa shape index (κ2) is 13.9. The number of phenols is 1. The van der Waals surface area contributed by atoms with Crippen molar-refractivity contribution in [3.05, 3.63) is 47.7 Å². The highest BCUT2D eigenvalue weighted by molar-refractivity contribution is 7.90. The summed E-state index contributed by atoms with van der Waals surface area (Å²) < 4.78 is 67.5. The fourth-order valence-electron chi connectivity index (χ4n) is 8.24. The van der Waals surface area contributed by atoms with Gasteiger partial charge in [0.05, 0.1) is 29.9 Å². The minimum Gasteiger partial charge on any atom is -0.508 e. The average Bonchev–Trinajstić information content (AvgIpc) is 3.34. The molecule has 10 nitrogen and oxygen atoms in total. The van der Waals surface area contributed by atoms with E-state index < -0.39 is 21.5 Å². The Balaban J connectivity index is 1.28. The van der Waals surface area contributed by atoms with Crippen LogP contribution in [0.25, 0.3) is 32.9 Å². The number of anilines is 1. The van der Waals surface area contributed by atoms with Crippen LogP contribution in [0.15, 0.2) is 30.5 Å². The summed E-state index contributed by atoms with van der Waals surface area (Å²) in [6.45, 7) is 4.21. The molecule has 2 aromatic heterocycles. The number of aromatic nitrogens is 3. The van der Waals surface area contributed by atoms with Gasteiger partial charge in [0, 0.05) is 54.6 Å². The first-order valence-electron chi connectivity index (χ1n) is 17.2. The second-order valence-corrected chi connectivity index (χ2v) is 16.1. The number of halogens is 2. The topological polar surface area (TPSA) is 118 Å². The van der Waals surface area contributed by atoms with Gasteiger partial charge in [0.1, 0.15) is 38.4 Å². The molecule has 2 aliphatic heterocycles. The predicted octanol–water partition coefficient (Wildman–Crippen LogP) is 5.49. The lowest BCUT2D eigenvalue weighted by Crippen LogP contribution is -2.52. The monoisotopic (exact) mass is 705 g/mol. The van der Waals surface area contributed by atoms with Crippen LogP contribution in [0.2, 0.25) is 0 Å². The van der Waals surface area contributed by atoms with Crippen LogP contribution in [0.3, 0.4) is 0 Å². The van der Waals surface area contributed by atoms with Gasteiger partial charge in [-0.2, -0.15) is 9.97 Å². The van der Waals surface area contributed by atoms with Crippen molar-refractivity contribution in [3.63, 3.8) is 0 Å². The fraction of sp³-hybridized carbons (Fsp3) is 0.486. The number of likely N-dealkylation sites (tertiary alicyclic amines) is 1. The van der Waals surface area contributed by atoms with Gasteiger partial charge < -0.3 is 19.5 Å². The average molecular weight is 706 g/mol. The van der Waals surface area contributed by atoms with Crippen molar-refractivity contribution in [1.29, 1.82) is 0 Å². The van der Waals surface area contributed by atoms with Crippen LogP contribution in [-0.4, -0.2) is 97.4 Å². The molecule has 0 unspecified atom stereocenters. The molecule has 13 heteroatoms. The van der Waals surface area contributed by atoms with Gasteiger partial charge in [-0.3, -0.25) is 9.88 Å². The van der Waals surface area contributed by atoms with Gasteiger partial charge in [0.2, 0.25) is 0 Å². The zero-order chi connectivity index (χ0) is 35.0. The van der Waals surface area contributed by atoms with Gasteiger partial charge >= 0.3 is 6.01 Å². The number of ether oxygens (including phenoxy) is 2. The Morgan fingerprint density at radius 1 is 1.12 bits per heavy atom. The number of pyridine rings is 1. The van der Waals surface area contributed by atoms with Crippen molar-refractivity contribution >= 4 is 37.3 Å². The van der Waals surface area contributed by atoms with Crippen molar-refractivity contribution in [3.8, 4) is 35.4 Å². The third-order valence-electron chi connectivity index (χ3n) is 10.5. The third-order valence-corrected chi connectivity index (χ3v) is 11.5. The Morgan fingerprint density at radius 3 is 2.78 bits per heavy atom. The van der Waals surface area contributed by atoms with Crippen molar-refractivity contribution in [1.82, 2.24) is 19.9 Å². The van der Waals surface area contributed by atoms with Crippen LogP contribution in [0.5, 0.6) is 11.8 Å². The molecule has 4 heterocycles. The molecule has 50 heavy (non-hydrogen) atoms. The Kier molecular flexibility index (Phi) is 9.54. The van der Waals surface area contributed by atoms with Gasteiger partial charge in [-0.05, 0) is 75.2 Å². The lowest BCUT2D eigenvalue weighted by molar-refractivity contribution is -0.0000379. The summed E-state index contributed by atoms with van der Waals surface area (Å²) in [6, 6.07) is 5.76. The molecule has 0 spiro atoms. The van der Waals surface area contributed by atoms with Gasteiger partial charge in [-0.15, -0.1) is 6.42 Å². The smallest absolute Gasteiger partial charge is 0.319 e. The number of phenolic OH excluding ortho intramolecular Hbond substituents is 1. The number of piperidine rings is 1. The third kappa shape index (κ3) is 6.68. The van der Waals surface area contributed by atoms with Gasteiger partial charge in [0.15, 0.2) is 5.82 Å². The van der Waals surface area contributed by atoms with E-state index in [1.807, 2.05) is 4.90 Å². The fourth-order valence-corrected chi connectivity index (χ4v) is 8.90. The minimum absolute atomic E-state index is 0.0122. The van der Waals surface area contributed by atoms with Gasteiger partial charge in [0.25, 0.3) is 0 Å². The molecule has 3 aliphatic rings. The highest BCUT2D eigenvalue weighted by atomic mass is 32.2. The first-order chi connectivity index (χ1) is 24.1. The van der Waals surface area contributed by atoms with Crippen molar-refractivity contribution in [2.45, 2.75) is 51.0 Å². The number of nitrogens with zero attached hydrogens (tertiary/aromatic N) is 5. The van der Waals surface area contributed by atoms with Crippen LogP contribution in [0.1, 0.15) is 50.5 Å². The first-order valence-corrected chi connectivity index (χ1v) is 19.3. The molecule has 4 aromatic rings. The molecule has 2 atom stereocenters. The van der Waals surface area contributed by atoms with E-state index in [0.717, 1.165) is 45.1 Å². The van der Waals surface area contributed by atoms with Crippen LogP contribution < -0.4 is 9.64 Å². The van der Waals surface area contributed by atoms with E-state index in [2.05, 4.69) is 20.8 Å². The van der Waals surface area contributed by atoms with E-state index in [9.17, 15) is 17.9 Å². The van der Waals surface area contributed by atoms with Gasteiger partial charge in [-0.25, -0.2) is 17.2 Å². The molecule has 7 rings (SSSR count). The molecule has 1 N–H and O–H groups in total. The minimum atomic E-state index is -3.04. The molecule has 0 bridgehead atoms. The maximum Gasteiger partial charge on any atom is 0.319 e. The molecular weight excluding hydrogens is 665 g/mol. The molecular formula is C37H41F2N5O5S. The van der Waals surface area contributed by atoms with Crippen LogP contribution >= 0.6 is 0 Å². The maximum absolute atomic E-state index is 16.9. The van der Waals surface area contributed by atoms with Crippen molar-refractivity contribution in [2.75, 3.05) is 62.9 Å². The lowest BCUT2D eigenvalue weighted by Gasteiger charge is -2.46. The number of fused-ring (bicyclic) bond motifs is 3. The summed E-state index contributed by atoms with van der Waals surface area (Å²) in [4.78, 5) is 18.4. The van der Waals surface area contributed by atoms with Crippen LogP contribution in [0, 0.1) is 29.4 Å². The zero-order valence-electron chi connectivity index (χ0n) is 28.1. The summed E-state index contributed by atoms with van der Waals surface area (Å²) >= 11 is 0. The molecule has 2 saturated heterocycles. The Morgan fingerprint density at radius 2 is 1.96 bits per heavy atom. The molecule has 264 valence electrons. The lowest BCUT2D eigenvalue weighted by atomic mass is 9.75. The SMILES string of the molecule is C#Cc1c(F)ccc2cc(O)cc(-c3ncc4c(N5CCCOCC5)nc(OC[C@]56CCC[C@H]5N(CCCS(C)(=O)=O)CCC6)nc4c3F)c12. The number of benzene rings is 2. The highest BCUT2D eigenvalue weighted by Gasteiger charge is 2.48. The van der Waals surface area contributed by atoms with E-state index in [1.165, 1.54) is 36.7 Å². The first kappa shape index (κ1) is 34.3. The van der Waals surface area contributed by atoms with Crippen molar-refractivity contribution in [2.24, 2.45) is 5.41 Å². The normalized spacial score (nSPS) is 21.6. The van der Waals surface area contributed by atoms with E-state index in [-0.39, 0.29) is 56.7 Å². The molecule has 1 aliphatic carbocycles. The summed E-state index contributed by atoms with van der Waals surface area (Å²) in [7, 11) is -3.04. The molecule has 1 saturated carbocycles. The maximum atomic E-state index is 16.9. The van der Waals surface area contributed by atoms with Gasteiger partial charge in [-0.1, -0.05) is 18.4 Å². The number of hydrogen-bond donors (Lipinski definition) is 1. The largest absolute Gasteiger partial charge is 0.508 e. The summed E-state index contributed by atoms with van der Waals surface area (Å²) in [5.41, 5.74) is -0.220. The Hall–Kier alpha value is -4.12. The summed E-state index contributed by atoms with van der Waals surface area (Å²) in [5.74, 6) is 1.46. The number of aromatic hydroxyl groups is 1. The molecule has 0 radical (unpaired) electrons. The molecule has 3 fully saturated rings. The Bertz CT molecular complexity index is 2080. The Labute approximate surface area is 290 Å². The number of terminal acetylenes is 1. The zero-order valence-corrected chi connectivity index (χ0v) is 28.9. The predicted molar refractivity (Wildman–Crippen MR) is 188 cm³/mol. The quantitative estimate of drug-likeness (QED) is 0.224. The van der Waals surface area contributed by atoms with Crippen molar-refractivity contribution < 1.29 is 31.8 Å². The van der Waals surface area contributed by atoms with E-state index in [0.29, 0.717) is 62.5 Å². The van der Waals surface area contributed by atoms with Crippen LogP contribution in [0.4, 0.5) is 14.6 Å². The van der Waals surface area contributed by atoms with Crippen LogP contribution in [-0.2, 0) is 14.6 Å². The summed E-state index contributed by atoms with van der Waals surface area (Å²) in [6.07, 6.45) is 14.8. The van der Waals surface area contributed by atoms with E-state index >= 15 is 4.39 Å². The standard InChI is InChI=1S/C37H41F2N5O5S/c1-3-26-29(38)10-9-24-20-25(45)21-27(31(24)26)33-32(39)34-28(22-40-33)35(44-14-6-17-48-18-16-44)42-36(41-34)49-23-37-11-4-8-30(37)43(13-5-12-37)15-7-19-50(2,46)47/h1,9-10,20-22,30,45H,4-8,11-19,23H2,2H3/t30-,37-/m1/s1. The van der Waals surface area contributed by atoms with E-state index in [1.54, 1.807) is 0 Å². The summed E-state index contributed by atoms with van der Waals surface area (Å²) in [5, 5.41) is 11.7. The highest BCUT2D eigenvalue weighted by Crippen LogP contribution is 2.48. The molecule has 0 amide bonds. The number of rotatable bonds is 9. The second-order valence-electron chi connectivity index (χ2n) is 13.8. The number of hydrogen-bond acceptors (Lipinski definition) is 10. The number of sulfone groups is 1. The van der Waals surface area contributed by atoms with E-state index in [4.69, 9.17) is 20.9 Å².